The molecule has 2 aromatic rings. The quantitative estimate of drug-likeness (QED) is 0.375. The molecular weight excluding hydrogens is 624 g/mol. The minimum atomic E-state index is -4.99. The lowest BCUT2D eigenvalue weighted by molar-refractivity contribution is -0.145. The van der Waals surface area contributed by atoms with E-state index < -0.39 is 65.9 Å². The molecule has 10 nitrogen and oxygen atoms in total. The van der Waals surface area contributed by atoms with E-state index in [2.05, 4.69) is 20.3 Å². The first kappa shape index (κ1) is 32.3. The Bertz CT molecular complexity index is 1470. The van der Waals surface area contributed by atoms with Crippen LogP contribution in [-0.4, -0.2) is 70.5 Å². The van der Waals surface area contributed by atoms with Crippen LogP contribution < -0.4 is 15.0 Å². The van der Waals surface area contributed by atoms with E-state index in [1.54, 1.807) is 0 Å². The van der Waals surface area contributed by atoms with Gasteiger partial charge in [-0.15, -0.1) is 0 Å². The number of carbonyl (C=O) groups excluding carboxylic acids is 1. The number of nitrogens with one attached hydrogen (secondary N) is 1. The first-order valence-corrected chi connectivity index (χ1v) is 15.2. The van der Waals surface area contributed by atoms with E-state index in [1.165, 1.54) is 17.2 Å². The molecule has 2 aliphatic carbocycles. The SMILES string of the molecule is O=C(NC1CC2CC(C1)CC(C(=O)O)C2)c1cnc(N2CC3(CCOCC3)c3cc(OCCC(F)(F)F)ncc32)nc1C(F)(F)F. The van der Waals surface area contributed by atoms with Crippen LogP contribution in [0.5, 0.6) is 5.88 Å². The maximum absolute atomic E-state index is 14.4. The summed E-state index contributed by atoms with van der Waals surface area (Å²) < 4.78 is 91.9. The summed E-state index contributed by atoms with van der Waals surface area (Å²) in [5.74, 6) is -2.45. The normalized spacial score (nSPS) is 25.7. The molecule has 1 spiro atoms. The molecule has 4 aliphatic rings. The van der Waals surface area contributed by atoms with Gasteiger partial charge in [0.2, 0.25) is 11.8 Å². The number of fused-ring (bicyclic) bond motifs is 4. The molecule has 6 rings (SSSR count). The topological polar surface area (TPSA) is 127 Å². The molecule has 0 radical (unpaired) electrons. The second-order valence-corrected chi connectivity index (χ2v) is 12.8. The predicted molar refractivity (Wildman–Crippen MR) is 149 cm³/mol. The summed E-state index contributed by atoms with van der Waals surface area (Å²) in [7, 11) is 0. The van der Waals surface area contributed by atoms with Gasteiger partial charge in [0.05, 0.1) is 36.4 Å². The number of amides is 1. The Morgan fingerprint density at radius 1 is 1.02 bits per heavy atom. The number of aliphatic carboxylic acids is 1. The molecule has 1 amide bonds. The summed E-state index contributed by atoms with van der Waals surface area (Å²) >= 11 is 0. The Morgan fingerprint density at radius 2 is 1.72 bits per heavy atom. The number of alkyl halides is 6. The Kier molecular flexibility index (Phi) is 8.52. The zero-order valence-corrected chi connectivity index (χ0v) is 24.7. The van der Waals surface area contributed by atoms with Gasteiger partial charge in [0.1, 0.15) is 0 Å². The maximum atomic E-state index is 14.4. The van der Waals surface area contributed by atoms with E-state index in [0.717, 1.165) is 12.6 Å². The summed E-state index contributed by atoms with van der Waals surface area (Å²) in [5.41, 5.74) is -1.70. The Labute approximate surface area is 259 Å². The molecule has 0 aromatic carbocycles. The van der Waals surface area contributed by atoms with E-state index >= 15 is 0 Å². The third-order valence-electron chi connectivity index (χ3n) is 9.62. The van der Waals surface area contributed by atoms with Gasteiger partial charge in [-0.1, -0.05) is 0 Å². The lowest BCUT2D eigenvalue weighted by Crippen LogP contribution is -2.44. The Hall–Kier alpha value is -3.69. The van der Waals surface area contributed by atoms with Crippen LogP contribution in [0, 0.1) is 17.8 Å². The molecule has 1 saturated heterocycles. The monoisotopic (exact) mass is 657 g/mol. The van der Waals surface area contributed by atoms with E-state index in [-0.39, 0.29) is 30.2 Å². The van der Waals surface area contributed by atoms with Crippen LogP contribution in [0.3, 0.4) is 0 Å². The number of rotatable bonds is 7. The van der Waals surface area contributed by atoms with Gasteiger partial charge >= 0.3 is 18.3 Å². The van der Waals surface area contributed by atoms with Crippen molar-refractivity contribution in [1.29, 1.82) is 0 Å². The number of aromatic nitrogens is 3. The lowest BCUT2D eigenvalue weighted by Gasteiger charge is -2.41. The van der Waals surface area contributed by atoms with Crippen LogP contribution in [0.1, 0.15) is 73.0 Å². The molecule has 2 aromatic heterocycles. The number of pyridine rings is 1. The number of hydrogen-bond donors (Lipinski definition) is 2. The van der Waals surface area contributed by atoms with Crippen LogP contribution >= 0.6 is 0 Å². The summed E-state index contributed by atoms with van der Waals surface area (Å²) in [6, 6.07) is 1.12. The van der Waals surface area contributed by atoms with Crippen molar-refractivity contribution in [3.8, 4) is 5.88 Å². The molecule has 4 heterocycles. The highest BCUT2D eigenvalue weighted by Gasteiger charge is 2.47. The minimum Gasteiger partial charge on any atom is -0.481 e. The minimum absolute atomic E-state index is 0.0371. The van der Waals surface area contributed by atoms with Crippen LogP contribution in [0.15, 0.2) is 18.5 Å². The summed E-state index contributed by atoms with van der Waals surface area (Å²) in [5, 5.41) is 12.1. The molecule has 3 fully saturated rings. The fraction of sp³-hybridized carbons (Fsp3) is 0.633. The number of nitrogens with zero attached hydrogens (tertiary/aromatic N) is 4. The van der Waals surface area contributed by atoms with Crippen LogP contribution in [-0.2, 0) is 21.1 Å². The van der Waals surface area contributed by atoms with Gasteiger partial charge in [0, 0.05) is 43.5 Å². The van der Waals surface area contributed by atoms with Crippen LogP contribution in [0.25, 0.3) is 0 Å². The molecule has 2 aliphatic heterocycles. The lowest BCUT2D eigenvalue weighted by atomic mass is 9.66. The molecular formula is C30H33F6N5O5. The number of hydrogen-bond acceptors (Lipinski definition) is 8. The number of carbonyl (C=O) groups is 2. The largest absolute Gasteiger partial charge is 0.481 e. The van der Waals surface area contributed by atoms with E-state index in [0.29, 0.717) is 63.0 Å². The second-order valence-electron chi connectivity index (χ2n) is 12.8. The van der Waals surface area contributed by atoms with Crippen molar-refractivity contribution in [3.63, 3.8) is 0 Å². The third-order valence-corrected chi connectivity index (χ3v) is 9.62. The number of halogens is 6. The van der Waals surface area contributed by atoms with E-state index in [4.69, 9.17) is 9.47 Å². The van der Waals surface area contributed by atoms with Crippen LogP contribution in [0.2, 0.25) is 0 Å². The highest BCUT2D eigenvalue weighted by Crippen LogP contribution is 2.50. The molecule has 2 bridgehead atoms. The van der Waals surface area contributed by atoms with E-state index in [9.17, 15) is 41.0 Å². The first-order chi connectivity index (χ1) is 21.7. The van der Waals surface area contributed by atoms with Gasteiger partial charge in [0.15, 0.2) is 5.69 Å². The number of carboxylic acids is 1. The molecule has 2 N–H and O–H groups in total. The van der Waals surface area contributed by atoms with Gasteiger partial charge < -0.3 is 24.8 Å². The van der Waals surface area contributed by atoms with Crippen molar-refractivity contribution in [2.24, 2.45) is 17.8 Å². The highest BCUT2D eigenvalue weighted by atomic mass is 19.4. The van der Waals surface area contributed by atoms with Crippen molar-refractivity contribution in [1.82, 2.24) is 20.3 Å². The molecule has 16 heteroatoms. The third kappa shape index (κ3) is 6.72. The van der Waals surface area contributed by atoms with Gasteiger partial charge in [0.25, 0.3) is 5.91 Å². The molecule has 2 saturated carbocycles. The maximum Gasteiger partial charge on any atom is 0.434 e. The van der Waals surface area contributed by atoms with Gasteiger partial charge in [-0.2, -0.15) is 26.3 Å². The highest BCUT2D eigenvalue weighted by molar-refractivity contribution is 5.95. The molecule has 250 valence electrons. The van der Waals surface area contributed by atoms with Crippen molar-refractivity contribution in [2.75, 3.05) is 31.3 Å². The van der Waals surface area contributed by atoms with Gasteiger partial charge in [-0.05, 0) is 62.3 Å². The molecule has 46 heavy (non-hydrogen) atoms. The van der Waals surface area contributed by atoms with Gasteiger partial charge in [-0.25, -0.2) is 15.0 Å². The predicted octanol–water partition coefficient (Wildman–Crippen LogP) is 5.43. The molecule has 2 unspecified atom stereocenters. The smallest absolute Gasteiger partial charge is 0.434 e. The molecule has 2 atom stereocenters. The summed E-state index contributed by atoms with van der Waals surface area (Å²) in [4.78, 5) is 38.3. The fourth-order valence-electron chi connectivity index (χ4n) is 7.58. The van der Waals surface area contributed by atoms with Crippen molar-refractivity contribution in [3.05, 3.63) is 35.3 Å². The average Bonchev–Trinajstić information content (AvgIpc) is 3.28. The van der Waals surface area contributed by atoms with Crippen molar-refractivity contribution < 1.29 is 50.5 Å². The number of anilines is 2. The number of ether oxygens (including phenoxy) is 2. The Morgan fingerprint density at radius 3 is 2.35 bits per heavy atom. The van der Waals surface area contributed by atoms with E-state index in [1.807, 2.05) is 0 Å². The zero-order chi connectivity index (χ0) is 32.9. The zero-order valence-electron chi connectivity index (χ0n) is 24.7. The number of carboxylic acid groups (broad SMARTS) is 1. The fourth-order valence-corrected chi connectivity index (χ4v) is 7.58. The standard InChI is InChI=1S/C30H33F6N5O5/c31-29(32,33)3-6-46-23-12-21-22(14-37-23)41(15-28(21)1-4-45-5-2-28)27-38-13-20(24(40-27)30(34,35)36)25(42)39-19-10-16-7-17(11-19)9-18(8-16)26(43)44/h12-14,16-19H,1-11,15H2,(H,39,42)(H,43,44). The summed E-state index contributed by atoms with van der Waals surface area (Å²) in [6.45, 7) is 0.271. The first-order valence-electron chi connectivity index (χ1n) is 15.2. The van der Waals surface area contributed by atoms with Crippen LogP contribution in [0.4, 0.5) is 38.0 Å². The van der Waals surface area contributed by atoms with Crippen molar-refractivity contribution >= 4 is 23.5 Å². The summed E-state index contributed by atoms with van der Waals surface area (Å²) in [6.07, 6.45) is -4.64. The second kappa shape index (κ2) is 12.2. The van der Waals surface area contributed by atoms with Crippen molar-refractivity contribution in [2.45, 2.75) is 75.2 Å². The van der Waals surface area contributed by atoms with Gasteiger partial charge in [-0.3, -0.25) is 9.59 Å². The average molecular weight is 658 g/mol. The Balaban J connectivity index is 1.25.